The third kappa shape index (κ3) is 1.95. The summed E-state index contributed by atoms with van der Waals surface area (Å²) in [6, 6.07) is 11.9. The van der Waals surface area contributed by atoms with E-state index in [2.05, 4.69) is 20.3 Å². The molecule has 1 aromatic carbocycles. The van der Waals surface area contributed by atoms with Crippen LogP contribution in [0.1, 0.15) is 0 Å². The maximum atomic E-state index is 5.89. The van der Waals surface area contributed by atoms with Crippen LogP contribution in [0.25, 0.3) is 22.3 Å². The maximum Gasteiger partial charge on any atom is 0.153 e. The molecule has 0 atom stereocenters. The molecule has 0 saturated carbocycles. The Kier molecular flexibility index (Phi) is 2.72. The molecule has 0 spiro atoms. The first-order chi connectivity index (χ1) is 9.29. The predicted molar refractivity (Wildman–Crippen MR) is 76.7 cm³/mol. The predicted octanol–water partition coefficient (Wildman–Crippen LogP) is 2.32. The summed E-state index contributed by atoms with van der Waals surface area (Å²) in [5, 5.41) is 3.12. The number of nitrogens with zero attached hydrogens (tertiary/aromatic N) is 3. The second-order valence-electron chi connectivity index (χ2n) is 4.13. The summed E-state index contributed by atoms with van der Waals surface area (Å²) in [6.45, 7) is 0. The monoisotopic (exact) mass is 251 g/mol. The van der Waals surface area contributed by atoms with Gasteiger partial charge in [0.2, 0.25) is 0 Å². The van der Waals surface area contributed by atoms with Gasteiger partial charge < -0.3 is 11.1 Å². The zero-order valence-electron chi connectivity index (χ0n) is 10.5. The molecule has 19 heavy (non-hydrogen) atoms. The zero-order valence-corrected chi connectivity index (χ0v) is 10.5. The van der Waals surface area contributed by atoms with Gasteiger partial charge in [-0.05, 0) is 6.07 Å². The van der Waals surface area contributed by atoms with E-state index < -0.39 is 0 Å². The molecule has 3 aromatic rings. The average molecular weight is 251 g/mol. The number of aromatic nitrogens is 3. The second-order valence-corrected chi connectivity index (χ2v) is 4.13. The number of pyridine rings is 1. The summed E-state index contributed by atoms with van der Waals surface area (Å²) < 4.78 is 0. The van der Waals surface area contributed by atoms with Gasteiger partial charge >= 0.3 is 0 Å². The Labute approximate surface area is 110 Å². The summed E-state index contributed by atoms with van der Waals surface area (Å²) in [7, 11) is 1.85. The van der Waals surface area contributed by atoms with E-state index >= 15 is 0 Å². The van der Waals surface area contributed by atoms with E-state index in [1.807, 2.05) is 43.4 Å². The first-order valence-electron chi connectivity index (χ1n) is 5.94. The highest BCUT2D eigenvalue weighted by atomic mass is 15.0. The number of anilines is 2. The zero-order chi connectivity index (χ0) is 13.2. The number of fused-ring (bicyclic) bond motifs is 1. The first-order valence-corrected chi connectivity index (χ1v) is 5.94. The van der Waals surface area contributed by atoms with Crippen LogP contribution in [0.2, 0.25) is 0 Å². The lowest BCUT2D eigenvalue weighted by molar-refractivity contribution is 1.20. The number of hydrogen-bond acceptors (Lipinski definition) is 5. The van der Waals surface area contributed by atoms with Gasteiger partial charge in [-0.1, -0.05) is 30.3 Å². The van der Waals surface area contributed by atoms with Crippen molar-refractivity contribution in [3.8, 4) is 11.3 Å². The van der Waals surface area contributed by atoms with Crippen molar-refractivity contribution in [2.75, 3.05) is 18.1 Å². The van der Waals surface area contributed by atoms with Gasteiger partial charge in [-0.15, -0.1) is 0 Å². The Balaban J connectivity index is 2.31. The number of nitrogen functional groups attached to an aromatic ring is 1. The van der Waals surface area contributed by atoms with E-state index in [1.165, 1.54) is 6.33 Å². The molecule has 0 unspecified atom stereocenters. The fourth-order valence-electron chi connectivity index (χ4n) is 2.00. The van der Waals surface area contributed by atoms with Crippen LogP contribution in [0.15, 0.2) is 42.7 Å². The average Bonchev–Trinajstić information content (AvgIpc) is 2.48. The fraction of sp³-hybridized carbons (Fsp3) is 0.0714. The van der Waals surface area contributed by atoms with Crippen LogP contribution in [0.4, 0.5) is 11.5 Å². The van der Waals surface area contributed by atoms with Crippen LogP contribution in [-0.4, -0.2) is 22.0 Å². The van der Waals surface area contributed by atoms with Gasteiger partial charge in [-0.2, -0.15) is 0 Å². The molecular weight excluding hydrogens is 238 g/mol. The van der Waals surface area contributed by atoms with Crippen molar-refractivity contribution in [2.45, 2.75) is 0 Å². The van der Waals surface area contributed by atoms with Gasteiger partial charge in [-0.25, -0.2) is 15.0 Å². The second kappa shape index (κ2) is 4.53. The Hall–Kier alpha value is -2.69. The number of rotatable bonds is 2. The van der Waals surface area contributed by atoms with Crippen molar-refractivity contribution < 1.29 is 0 Å². The molecular formula is C14H13N5. The topological polar surface area (TPSA) is 76.7 Å². The molecule has 5 heteroatoms. The fourth-order valence-corrected chi connectivity index (χ4v) is 2.00. The Morgan fingerprint density at radius 3 is 2.58 bits per heavy atom. The summed E-state index contributed by atoms with van der Waals surface area (Å²) in [5.41, 5.74) is 10.0. The molecule has 0 radical (unpaired) electrons. The van der Waals surface area contributed by atoms with Gasteiger partial charge in [-0.3, -0.25) is 0 Å². The summed E-state index contributed by atoms with van der Waals surface area (Å²) in [4.78, 5) is 12.8. The number of nitrogens with one attached hydrogen (secondary N) is 1. The number of hydrogen-bond donors (Lipinski definition) is 2. The van der Waals surface area contributed by atoms with Crippen LogP contribution >= 0.6 is 0 Å². The van der Waals surface area contributed by atoms with Gasteiger partial charge in [0.05, 0.1) is 11.4 Å². The SMILES string of the molecule is CNc1cc(-c2ccccc2)nc2c(N)ncnc12. The molecule has 0 bridgehead atoms. The lowest BCUT2D eigenvalue weighted by Gasteiger charge is -2.09. The molecule has 94 valence electrons. The highest BCUT2D eigenvalue weighted by molar-refractivity contribution is 5.95. The van der Waals surface area contributed by atoms with Gasteiger partial charge in [0, 0.05) is 12.6 Å². The minimum atomic E-state index is 0.388. The highest BCUT2D eigenvalue weighted by Gasteiger charge is 2.10. The molecule has 2 aromatic heterocycles. The Bertz CT molecular complexity index is 724. The minimum absolute atomic E-state index is 0.388. The molecule has 0 aliphatic carbocycles. The minimum Gasteiger partial charge on any atom is -0.386 e. The van der Waals surface area contributed by atoms with E-state index in [0.29, 0.717) is 11.3 Å². The molecule has 0 fully saturated rings. The van der Waals surface area contributed by atoms with Crippen molar-refractivity contribution in [3.63, 3.8) is 0 Å². The largest absolute Gasteiger partial charge is 0.386 e. The van der Waals surface area contributed by atoms with E-state index in [9.17, 15) is 0 Å². The third-order valence-electron chi connectivity index (χ3n) is 2.96. The van der Waals surface area contributed by atoms with Crippen LogP contribution in [0.5, 0.6) is 0 Å². The highest BCUT2D eigenvalue weighted by Crippen LogP contribution is 2.28. The molecule has 2 heterocycles. The first kappa shape index (κ1) is 11.4. The Morgan fingerprint density at radius 1 is 1.05 bits per heavy atom. The molecule has 0 saturated heterocycles. The van der Waals surface area contributed by atoms with Crippen molar-refractivity contribution in [1.82, 2.24) is 15.0 Å². The molecule has 3 rings (SSSR count). The van der Waals surface area contributed by atoms with Crippen molar-refractivity contribution in [1.29, 1.82) is 0 Å². The van der Waals surface area contributed by atoms with Crippen molar-refractivity contribution >= 4 is 22.5 Å². The van der Waals surface area contributed by atoms with Crippen molar-refractivity contribution in [3.05, 3.63) is 42.7 Å². The van der Waals surface area contributed by atoms with Crippen LogP contribution < -0.4 is 11.1 Å². The Morgan fingerprint density at radius 2 is 1.84 bits per heavy atom. The van der Waals surface area contributed by atoms with E-state index in [4.69, 9.17) is 5.73 Å². The normalized spacial score (nSPS) is 10.6. The lowest BCUT2D eigenvalue weighted by atomic mass is 10.1. The number of nitrogens with two attached hydrogens (primary N) is 1. The van der Waals surface area contributed by atoms with Crippen LogP contribution in [-0.2, 0) is 0 Å². The van der Waals surface area contributed by atoms with Crippen LogP contribution in [0, 0.1) is 0 Å². The summed E-state index contributed by atoms with van der Waals surface area (Å²) in [5.74, 6) is 0.388. The van der Waals surface area contributed by atoms with Crippen LogP contribution in [0.3, 0.4) is 0 Å². The summed E-state index contributed by atoms with van der Waals surface area (Å²) >= 11 is 0. The lowest BCUT2D eigenvalue weighted by Crippen LogP contribution is -2.00. The molecule has 0 aliphatic heterocycles. The smallest absolute Gasteiger partial charge is 0.153 e. The number of benzene rings is 1. The van der Waals surface area contributed by atoms with Crippen molar-refractivity contribution in [2.24, 2.45) is 0 Å². The van der Waals surface area contributed by atoms with E-state index in [-0.39, 0.29) is 0 Å². The standard InChI is InChI=1S/C14H13N5/c1-16-11-7-10(9-5-3-2-4-6-9)19-13-12(11)17-8-18-14(13)15/h2-8H,1H3,(H,16,19)(H2,15,17,18). The maximum absolute atomic E-state index is 5.89. The quantitative estimate of drug-likeness (QED) is 0.731. The summed E-state index contributed by atoms with van der Waals surface area (Å²) in [6.07, 6.45) is 1.45. The molecule has 0 amide bonds. The molecule has 0 aliphatic rings. The third-order valence-corrected chi connectivity index (χ3v) is 2.96. The van der Waals surface area contributed by atoms with E-state index in [1.54, 1.807) is 0 Å². The van der Waals surface area contributed by atoms with Gasteiger partial charge in [0.25, 0.3) is 0 Å². The molecule has 5 nitrogen and oxygen atoms in total. The van der Waals surface area contributed by atoms with E-state index in [0.717, 1.165) is 22.5 Å². The van der Waals surface area contributed by atoms with Gasteiger partial charge in [0.15, 0.2) is 5.82 Å². The molecule has 3 N–H and O–H groups in total. The van der Waals surface area contributed by atoms with Gasteiger partial charge in [0.1, 0.15) is 17.4 Å².